The van der Waals surface area contributed by atoms with E-state index in [-0.39, 0.29) is 17.8 Å². The smallest absolute Gasteiger partial charge is 0.330 e. The molecule has 0 saturated heterocycles. The number of hydrogen-bond donors (Lipinski definition) is 2. The van der Waals surface area contributed by atoms with E-state index in [2.05, 4.69) is 6.58 Å². The van der Waals surface area contributed by atoms with Gasteiger partial charge in [-0.15, -0.1) is 0 Å². The molecule has 0 aliphatic rings. The Balaban J connectivity index is 3.92. The molecule has 0 heterocycles. The molecule has 0 amide bonds. The largest absolute Gasteiger partial charge is 0.513 e. The Hall–Kier alpha value is -1.25. The summed E-state index contributed by atoms with van der Waals surface area (Å²) in [6.45, 7) is 4.67. The molecule has 3 nitrogen and oxygen atoms in total. The maximum absolute atomic E-state index is 10.1. The minimum atomic E-state index is -0.971. The molecule has 0 aromatic rings. The lowest BCUT2D eigenvalue weighted by atomic mass is 10.2. The first-order chi connectivity index (χ1) is 4.54. The number of hydrogen-bond acceptors (Lipinski definition) is 2. The molecule has 0 atom stereocenters. The van der Waals surface area contributed by atoms with Crippen LogP contribution in [0.1, 0.15) is 13.3 Å². The van der Waals surface area contributed by atoms with E-state index in [1.807, 2.05) is 0 Å². The Morgan fingerprint density at radius 3 is 2.40 bits per heavy atom. The van der Waals surface area contributed by atoms with Gasteiger partial charge in [0.05, 0.1) is 5.76 Å². The zero-order valence-corrected chi connectivity index (χ0v) is 5.79. The second-order valence-electron chi connectivity index (χ2n) is 1.96. The van der Waals surface area contributed by atoms with Crippen LogP contribution in [0.15, 0.2) is 24.0 Å². The minimum Gasteiger partial charge on any atom is -0.513 e. The zero-order chi connectivity index (χ0) is 8.15. The van der Waals surface area contributed by atoms with Gasteiger partial charge >= 0.3 is 5.97 Å². The van der Waals surface area contributed by atoms with Crippen LogP contribution in [0.2, 0.25) is 0 Å². The Morgan fingerprint density at radius 1 is 1.60 bits per heavy atom. The number of aliphatic hydroxyl groups is 1. The van der Waals surface area contributed by atoms with Gasteiger partial charge in [-0.2, -0.15) is 0 Å². The van der Waals surface area contributed by atoms with Crippen molar-refractivity contribution in [3.05, 3.63) is 24.0 Å². The molecule has 0 saturated carbocycles. The fraction of sp³-hybridized carbons (Fsp3) is 0.286. The highest BCUT2D eigenvalue weighted by atomic mass is 16.4. The number of carboxylic acids is 1. The normalized spacial score (nSPS) is 11.1. The zero-order valence-electron chi connectivity index (χ0n) is 5.79. The summed E-state index contributed by atoms with van der Waals surface area (Å²) < 4.78 is 0. The van der Waals surface area contributed by atoms with Crippen LogP contribution in [0.4, 0.5) is 0 Å². The first-order valence-electron chi connectivity index (χ1n) is 2.81. The number of allylic oxidation sites excluding steroid dienone is 1. The van der Waals surface area contributed by atoms with Gasteiger partial charge in [0.2, 0.25) is 0 Å². The molecule has 0 aromatic carbocycles. The monoisotopic (exact) mass is 142 g/mol. The summed E-state index contributed by atoms with van der Waals surface area (Å²) in [4.78, 5) is 10.1. The first-order valence-corrected chi connectivity index (χ1v) is 2.81. The van der Waals surface area contributed by atoms with E-state index < -0.39 is 5.97 Å². The van der Waals surface area contributed by atoms with Gasteiger partial charge in [0.1, 0.15) is 0 Å². The molecule has 2 N–H and O–H groups in total. The van der Waals surface area contributed by atoms with Gasteiger partial charge in [-0.25, -0.2) is 4.79 Å². The highest BCUT2D eigenvalue weighted by molar-refractivity contribution is 5.85. The predicted octanol–water partition coefficient (Wildman–Crippen LogP) is 1.48. The lowest BCUT2D eigenvalue weighted by molar-refractivity contribution is -0.132. The van der Waals surface area contributed by atoms with Crippen molar-refractivity contribution in [1.82, 2.24) is 0 Å². The summed E-state index contributed by atoms with van der Waals surface area (Å²) in [7, 11) is 0. The Labute approximate surface area is 59.3 Å². The Kier molecular flexibility index (Phi) is 3.25. The molecule has 0 fully saturated rings. The maximum atomic E-state index is 10.1. The van der Waals surface area contributed by atoms with Crippen LogP contribution in [0.3, 0.4) is 0 Å². The van der Waals surface area contributed by atoms with Crippen molar-refractivity contribution in [3.63, 3.8) is 0 Å². The van der Waals surface area contributed by atoms with Gasteiger partial charge in [0.15, 0.2) is 0 Å². The summed E-state index contributed by atoms with van der Waals surface area (Å²) in [6.07, 6.45) is 1.61. The van der Waals surface area contributed by atoms with Crippen LogP contribution in [0, 0.1) is 0 Å². The van der Waals surface area contributed by atoms with Crippen molar-refractivity contribution >= 4 is 5.97 Å². The van der Waals surface area contributed by atoms with Crippen molar-refractivity contribution in [2.45, 2.75) is 13.3 Å². The number of carbonyl (C=O) groups is 1. The molecule has 0 bridgehead atoms. The molecule has 0 spiro atoms. The van der Waals surface area contributed by atoms with E-state index in [0.717, 1.165) is 0 Å². The summed E-state index contributed by atoms with van der Waals surface area (Å²) in [5.74, 6) is -0.998. The summed E-state index contributed by atoms with van der Waals surface area (Å²) >= 11 is 0. The molecule has 56 valence electrons. The predicted molar refractivity (Wildman–Crippen MR) is 37.8 cm³/mol. The molecule has 0 rings (SSSR count). The quantitative estimate of drug-likeness (QED) is 0.463. The first kappa shape index (κ1) is 8.75. The third kappa shape index (κ3) is 3.72. The molecule has 3 heteroatoms. The highest BCUT2D eigenvalue weighted by Crippen LogP contribution is 1.99. The van der Waals surface area contributed by atoms with Gasteiger partial charge in [0, 0.05) is 12.0 Å². The van der Waals surface area contributed by atoms with Crippen molar-refractivity contribution < 1.29 is 15.0 Å². The maximum Gasteiger partial charge on any atom is 0.330 e. The Morgan fingerprint density at radius 2 is 2.10 bits per heavy atom. The summed E-state index contributed by atoms with van der Waals surface area (Å²) in [5.41, 5.74) is 0.218. The second kappa shape index (κ2) is 3.71. The van der Waals surface area contributed by atoms with Crippen LogP contribution in [0.25, 0.3) is 0 Å². The van der Waals surface area contributed by atoms with Crippen LogP contribution >= 0.6 is 0 Å². The average Bonchev–Trinajstić information content (AvgIpc) is 1.82. The highest BCUT2D eigenvalue weighted by Gasteiger charge is 1.97. The summed E-state index contributed by atoms with van der Waals surface area (Å²) in [6, 6.07) is 0. The number of aliphatic carboxylic acids is 1. The Bertz CT molecular complexity index is 179. The molecule has 0 aliphatic carbocycles. The molecule has 10 heavy (non-hydrogen) atoms. The van der Waals surface area contributed by atoms with Crippen LogP contribution < -0.4 is 0 Å². The molecule has 0 radical (unpaired) electrons. The lowest BCUT2D eigenvalue weighted by Gasteiger charge is -1.92. The SMILES string of the molecule is C=C(O)CC=C(C)C(=O)O. The standard InChI is InChI=1S/C7H10O3/c1-5(7(9)10)3-4-6(2)8/h3,8H,2,4H2,1H3,(H,9,10). The van der Waals surface area contributed by atoms with E-state index in [9.17, 15) is 4.79 Å². The van der Waals surface area contributed by atoms with Crippen molar-refractivity contribution in [2.75, 3.05) is 0 Å². The number of aliphatic hydroxyl groups excluding tert-OH is 1. The number of carboxylic acid groups (broad SMARTS) is 1. The van der Waals surface area contributed by atoms with Gasteiger partial charge in [-0.3, -0.25) is 0 Å². The van der Waals surface area contributed by atoms with Gasteiger partial charge in [-0.1, -0.05) is 12.7 Å². The van der Waals surface area contributed by atoms with Crippen LogP contribution in [-0.2, 0) is 4.79 Å². The van der Waals surface area contributed by atoms with E-state index in [0.29, 0.717) is 0 Å². The van der Waals surface area contributed by atoms with Crippen LogP contribution in [0.5, 0.6) is 0 Å². The number of rotatable bonds is 3. The van der Waals surface area contributed by atoms with E-state index in [1.165, 1.54) is 13.0 Å². The van der Waals surface area contributed by atoms with Crippen molar-refractivity contribution in [3.8, 4) is 0 Å². The minimum absolute atomic E-state index is 0.0272. The molecule has 0 unspecified atom stereocenters. The molecule has 0 aliphatic heterocycles. The third-order valence-corrected chi connectivity index (χ3v) is 0.981. The molecule has 0 aromatic heterocycles. The fourth-order valence-corrected chi connectivity index (χ4v) is 0.358. The van der Waals surface area contributed by atoms with E-state index >= 15 is 0 Å². The van der Waals surface area contributed by atoms with Gasteiger partial charge < -0.3 is 10.2 Å². The average molecular weight is 142 g/mol. The van der Waals surface area contributed by atoms with E-state index in [4.69, 9.17) is 10.2 Å². The van der Waals surface area contributed by atoms with Gasteiger partial charge in [-0.05, 0) is 6.92 Å². The van der Waals surface area contributed by atoms with Crippen molar-refractivity contribution in [2.24, 2.45) is 0 Å². The van der Waals surface area contributed by atoms with Gasteiger partial charge in [0.25, 0.3) is 0 Å². The lowest BCUT2D eigenvalue weighted by Crippen LogP contribution is -1.95. The molecular formula is C7H10O3. The topological polar surface area (TPSA) is 57.5 Å². The summed E-state index contributed by atoms with van der Waals surface area (Å²) in [5, 5.41) is 16.9. The van der Waals surface area contributed by atoms with Crippen LogP contribution in [-0.4, -0.2) is 16.2 Å². The molecular weight excluding hydrogens is 132 g/mol. The fourth-order valence-electron chi connectivity index (χ4n) is 0.358. The van der Waals surface area contributed by atoms with Crippen molar-refractivity contribution in [1.29, 1.82) is 0 Å². The third-order valence-electron chi connectivity index (χ3n) is 0.981. The van der Waals surface area contributed by atoms with E-state index in [1.54, 1.807) is 0 Å². The second-order valence-corrected chi connectivity index (χ2v) is 1.96.